The number of hydrazine groups is 1. The Morgan fingerprint density at radius 2 is 1.77 bits per heavy atom. The predicted molar refractivity (Wildman–Crippen MR) is 93.9 cm³/mol. The minimum absolute atomic E-state index is 0.201. The summed E-state index contributed by atoms with van der Waals surface area (Å²) in [4.78, 5) is 38.1. The zero-order valence-electron chi connectivity index (χ0n) is 13.5. The van der Waals surface area contributed by atoms with Gasteiger partial charge < -0.3 is 4.90 Å². The van der Waals surface area contributed by atoms with E-state index in [1.165, 1.54) is 23.1 Å². The Morgan fingerprint density at radius 3 is 2.46 bits per heavy atom. The summed E-state index contributed by atoms with van der Waals surface area (Å²) in [7, 11) is 0. The van der Waals surface area contributed by atoms with Crippen molar-refractivity contribution in [1.29, 1.82) is 0 Å². The van der Waals surface area contributed by atoms with Crippen molar-refractivity contribution in [2.24, 2.45) is 5.92 Å². The van der Waals surface area contributed by atoms with Gasteiger partial charge in [-0.25, -0.2) is 4.39 Å². The van der Waals surface area contributed by atoms with Crippen molar-refractivity contribution in [3.63, 3.8) is 0 Å². The predicted octanol–water partition coefficient (Wildman–Crippen LogP) is 2.29. The average Bonchev–Trinajstić information content (AvgIpc) is 3.02. The summed E-state index contributed by atoms with van der Waals surface area (Å²) in [5.41, 5.74) is 4.76. The van der Waals surface area contributed by atoms with Crippen molar-refractivity contribution in [3.05, 3.63) is 64.9 Å². The smallest absolute Gasteiger partial charge is 0.272 e. The minimum Gasteiger partial charge on any atom is -0.312 e. The highest BCUT2D eigenvalue weighted by Gasteiger charge is 2.37. The first-order valence-corrected chi connectivity index (χ1v) is 8.27. The maximum atomic E-state index is 13.6. The Kier molecular flexibility index (Phi) is 5.18. The number of halogens is 2. The molecule has 6 nitrogen and oxygen atoms in total. The molecule has 3 rings (SSSR count). The molecule has 1 unspecified atom stereocenters. The van der Waals surface area contributed by atoms with E-state index in [-0.39, 0.29) is 11.5 Å². The lowest BCUT2D eigenvalue weighted by Gasteiger charge is -2.17. The van der Waals surface area contributed by atoms with Crippen molar-refractivity contribution in [3.8, 4) is 0 Å². The Morgan fingerprint density at radius 1 is 1.08 bits per heavy atom. The Bertz CT molecular complexity index is 857. The molecule has 0 aliphatic carbocycles. The number of benzene rings is 2. The largest absolute Gasteiger partial charge is 0.312 e. The van der Waals surface area contributed by atoms with Crippen molar-refractivity contribution < 1.29 is 18.8 Å². The lowest BCUT2D eigenvalue weighted by molar-refractivity contribution is -0.132. The standard InChI is InChI=1S/C18H15ClFN3O3/c19-11-5-7-12(8-6-11)23-10-9-14(18(23)26)17(25)22-21-16(24)13-3-1-2-4-15(13)20/h1-8,14H,9-10H2,(H,21,24)(H,22,25). The molecule has 1 aliphatic rings. The molecule has 0 radical (unpaired) electrons. The quantitative estimate of drug-likeness (QED) is 0.638. The van der Waals surface area contributed by atoms with Crippen LogP contribution >= 0.6 is 11.6 Å². The van der Waals surface area contributed by atoms with Crippen LogP contribution in [0.2, 0.25) is 5.02 Å². The van der Waals surface area contributed by atoms with E-state index in [0.29, 0.717) is 23.7 Å². The van der Waals surface area contributed by atoms with Crippen LogP contribution in [0.15, 0.2) is 48.5 Å². The molecule has 1 saturated heterocycles. The summed E-state index contributed by atoms with van der Waals surface area (Å²) in [5, 5.41) is 0.547. The molecule has 2 aromatic carbocycles. The van der Waals surface area contributed by atoms with E-state index >= 15 is 0 Å². The zero-order valence-corrected chi connectivity index (χ0v) is 14.3. The fraction of sp³-hybridized carbons (Fsp3) is 0.167. The van der Waals surface area contributed by atoms with Crippen molar-refractivity contribution in [2.75, 3.05) is 11.4 Å². The van der Waals surface area contributed by atoms with Gasteiger partial charge in [0.25, 0.3) is 11.8 Å². The highest BCUT2D eigenvalue weighted by molar-refractivity contribution is 6.30. The van der Waals surface area contributed by atoms with E-state index in [0.717, 1.165) is 6.07 Å². The molecule has 1 aliphatic heterocycles. The van der Waals surface area contributed by atoms with Crippen LogP contribution in [0.3, 0.4) is 0 Å². The summed E-state index contributed by atoms with van der Waals surface area (Å²) in [6, 6.07) is 12.1. The lowest BCUT2D eigenvalue weighted by Crippen LogP contribution is -2.46. The molecule has 8 heteroatoms. The second-order valence-corrected chi connectivity index (χ2v) is 6.17. The molecule has 2 N–H and O–H groups in total. The van der Waals surface area contributed by atoms with Gasteiger partial charge in [-0.2, -0.15) is 0 Å². The van der Waals surface area contributed by atoms with E-state index in [1.54, 1.807) is 24.3 Å². The maximum absolute atomic E-state index is 13.6. The topological polar surface area (TPSA) is 78.5 Å². The fourth-order valence-corrected chi connectivity index (χ4v) is 2.84. The number of nitrogens with one attached hydrogen (secondary N) is 2. The monoisotopic (exact) mass is 375 g/mol. The molecule has 1 heterocycles. The molecule has 0 bridgehead atoms. The molecule has 1 fully saturated rings. The molecule has 0 aromatic heterocycles. The first-order chi connectivity index (χ1) is 12.5. The Balaban J connectivity index is 1.60. The van der Waals surface area contributed by atoms with Crippen LogP contribution in [0, 0.1) is 11.7 Å². The van der Waals surface area contributed by atoms with Gasteiger partial charge in [0.2, 0.25) is 5.91 Å². The maximum Gasteiger partial charge on any atom is 0.272 e. The molecular formula is C18H15ClFN3O3. The summed E-state index contributed by atoms with van der Waals surface area (Å²) in [6.45, 7) is 0.375. The van der Waals surface area contributed by atoms with Gasteiger partial charge in [0.15, 0.2) is 0 Å². The summed E-state index contributed by atoms with van der Waals surface area (Å²) >= 11 is 5.83. The number of rotatable bonds is 3. The van der Waals surface area contributed by atoms with Crippen LogP contribution in [0.1, 0.15) is 16.8 Å². The van der Waals surface area contributed by atoms with Gasteiger partial charge in [-0.1, -0.05) is 23.7 Å². The normalized spacial score (nSPS) is 16.5. The summed E-state index contributed by atoms with van der Waals surface area (Å²) in [5.74, 6) is -3.44. The average molecular weight is 376 g/mol. The second kappa shape index (κ2) is 7.53. The number of carbonyl (C=O) groups is 3. The number of anilines is 1. The number of amides is 3. The fourth-order valence-electron chi connectivity index (χ4n) is 2.72. The molecule has 134 valence electrons. The van der Waals surface area contributed by atoms with E-state index in [4.69, 9.17) is 11.6 Å². The van der Waals surface area contributed by atoms with Gasteiger partial charge in [-0.3, -0.25) is 25.2 Å². The first kappa shape index (κ1) is 17.9. The third-order valence-corrected chi connectivity index (χ3v) is 4.33. The molecule has 0 spiro atoms. The third-order valence-electron chi connectivity index (χ3n) is 4.08. The summed E-state index contributed by atoms with van der Waals surface area (Å²) < 4.78 is 13.6. The van der Waals surface area contributed by atoms with Crippen LogP contribution in [-0.2, 0) is 9.59 Å². The molecule has 26 heavy (non-hydrogen) atoms. The number of hydrogen-bond donors (Lipinski definition) is 2. The highest BCUT2D eigenvalue weighted by Crippen LogP contribution is 2.26. The molecule has 3 amide bonds. The number of hydrogen-bond acceptors (Lipinski definition) is 3. The number of carbonyl (C=O) groups excluding carboxylic acids is 3. The number of nitrogens with zero attached hydrogens (tertiary/aromatic N) is 1. The van der Waals surface area contributed by atoms with Crippen molar-refractivity contribution >= 4 is 35.0 Å². The van der Waals surface area contributed by atoms with E-state index in [2.05, 4.69) is 10.9 Å². The SMILES string of the molecule is O=C(NNC(=O)C1CCN(c2ccc(Cl)cc2)C1=O)c1ccccc1F. The zero-order chi connectivity index (χ0) is 18.7. The van der Waals surface area contributed by atoms with E-state index in [1.807, 2.05) is 0 Å². The molecular weight excluding hydrogens is 361 g/mol. The highest BCUT2D eigenvalue weighted by atomic mass is 35.5. The third kappa shape index (κ3) is 3.67. The van der Waals surface area contributed by atoms with Gasteiger partial charge in [0, 0.05) is 17.3 Å². The van der Waals surface area contributed by atoms with E-state index < -0.39 is 23.5 Å². The van der Waals surface area contributed by atoms with Crippen LogP contribution in [0.4, 0.5) is 10.1 Å². The van der Waals surface area contributed by atoms with Crippen LogP contribution in [-0.4, -0.2) is 24.3 Å². The Hall–Kier alpha value is -2.93. The van der Waals surface area contributed by atoms with Gasteiger partial charge in [0.1, 0.15) is 11.7 Å². The lowest BCUT2D eigenvalue weighted by atomic mass is 10.1. The molecule has 1 atom stereocenters. The summed E-state index contributed by atoms with van der Waals surface area (Å²) in [6.07, 6.45) is 0.308. The van der Waals surface area contributed by atoms with Crippen LogP contribution in [0.25, 0.3) is 0 Å². The molecule has 0 saturated carbocycles. The first-order valence-electron chi connectivity index (χ1n) is 7.89. The van der Waals surface area contributed by atoms with Gasteiger partial charge in [0.05, 0.1) is 5.56 Å². The van der Waals surface area contributed by atoms with Gasteiger partial charge >= 0.3 is 0 Å². The van der Waals surface area contributed by atoms with Crippen molar-refractivity contribution in [1.82, 2.24) is 10.9 Å². The van der Waals surface area contributed by atoms with Gasteiger partial charge in [-0.05, 0) is 42.8 Å². The van der Waals surface area contributed by atoms with Gasteiger partial charge in [-0.15, -0.1) is 0 Å². The van der Waals surface area contributed by atoms with Crippen LogP contribution < -0.4 is 15.8 Å². The van der Waals surface area contributed by atoms with E-state index in [9.17, 15) is 18.8 Å². The van der Waals surface area contributed by atoms with Crippen molar-refractivity contribution in [2.45, 2.75) is 6.42 Å². The second-order valence-electron chi connectivity index (χ2n) is 5.73. The van der Waals surface area contributed by atoms with Crippen LogP contribution in [0.5, 0.6) is 0 Å². The molecule has 2 aromatic rings. The Labute approximate surface area is 153 Å². The minimum atomic E-state index is -0.924.